The summed E-state index contributed by atoms with van der Waals surface area (Å²) < 4.78 is 17.2. The molecule has 0 bridgehead atoms. The Morgan fingerprint density at radius 1 is 0.972 bits per heavy atom. The lowest BCUT2D eigenvalue weighted by atomic mass is 10.1. The third-order valence-electron chi connectivity index (χ3n) is 5.10. The molecular formula is C29H29ClN2O4. The number of carbonyl (C=O) groups excluding carboxylic acids is 1. The Hall–Kier alpha value is -3.95. The first-order valence-corrected chi connectivity index (χ1v) is 12.0. The van der Waals surface area contributed by atoms with E-state index in [-0.39, 0.29) is 5.57 Å². The van der Waals surface area contributed by atoms with E-state index in [0.29, 0.717) is 53.3 Å². The number of benzene rings is 3. The molecule has 0 aliphatic heterocycles. The van der Waals surface area contributed by atoms with E-state index in [1.807, 2.05) is 33.8 Å². The number of hydrogen-bond acceptors (Lipinski definition) is 5. The highest BCUT2D eigenvalue weighted by atomic mass is 35.5. The van der Waals surface area contributed by atoms with Crippen LogP contribution in [0.15, 0.2) is 60.2 Å². The predicted molar refractivity (Wildman–Crippen MR) is 143 cm³/mol. The van der Waals surface area contributed by atoms with Gasteiger partial charge < -0.3 is 19.5 Å². The van der Waals surface area contributed by atoms with Crippen LogP contribution in [0, 0.1) is 25.2 Å². The molecular weight excluding hydrogens is 476 g/mol. The van der Waals surface area contributed by atoms with E-state index in [4.69, 9.17) is 25.8 Å². The van der Waals surface area contributed by atoms with Crippen molar-refractivity contribution >= 4 is 29.3 Å². The molecule has 0 atom stereocenters. The molecule has 3 rings (SSSR count). The standard InChI is InChI=1S/C29H29ClN2O4/c1-5-34-25-9-7-24(8-10-25)32-29(33)23(17-31)14-21-15-26(30)28(27(16-21)35-6-2)36-18-22-12-19(3)11-20(4)13-22/h7-16H,5-6,18H2,1-4H3,(H,32,33)/b23-14+. The van der Waals surface area contributed by atoms with E-state index in [1.165, 1.54) is 6.08 Å². The lowest BCUT2D eigenvalue weighted by Crippen LogP contribution is -2.13. The summed E-state index contributed by atoms with van der Waals surface area (Å²) in [4.78, 5) is 12.7. The van der Waals surface area contributed by atoms with Crippen molar-refractivity contribution in [1.82, 2.24) is 0 Å². The van der Waals surface area contributed by atoms with Gasteiger partial charge in [0.2, 0.25) is 0 Å². The van der Waals surface area contributed by atoms with E-state index < -0.39 is 5.91 Å². The van der Waals surface area contributed by atoms with Gasteiger partial charge in [0.25, 0.3) is 5.91 Å². The van der Waals surface area contributed by atoms with Crippen molar-refractivity contribution in [3.05, 3.63) is 87.4 Å². The van der Waals surface area contributed by atoms with Crippen LogP contribution in [0.4, 0.5) is 5.69 Å². The van der Waals surface area contributed by atoms with Gasteiger partial charge in [-0.3, -0.25) is 4.79 Å². The Morgan fingerprint density at radius 2 is 1.64 bits per heavy atom. The van der Waals surface area contributed by atoms with E-state index in [0.717, 1.165) is 16.7 Å². The number of carbonyl (C=O) groups is 1. The zero-order valence-electron chi connectivity index (χ0n) is 20.9. The molecule has 0 unspecified atom stereocenters. The summed E-state index contributed by atoms with van der Waals surface area (Å²) >= 11 is 6.55. The number of ether oxygens (including phenoxy) is 3. The van der Waals surface area contributed by atoms with Crippen LogP contribution in [0.1, 0.15) is 36.1 Å². The first kappa shape index (κ1) is 26.7. The summed E-state index contributed by atoms with van der Waals surface area (Å²) in [5, 5.41) is 12.7. The summed E-state index contributed by atoms with van der Waals surface area (Å²) in [7, 11) is 0. The zero-order valence-corrected chi connectivity index (χ0v) is 21.6. The maximum atomic E-state index is 12.7. The van der Waals surface area contributed by atoms with E-state index in [9.17, 15) is 10.1 Å². The van der Waals surface area contributed by atoms with Gasteiger partial charge in [-0.2, -0.15) is 5.26 Å². The Kier molecular flexibility index (Phi) is 9.38. The molecule has 1 N–H and O–H groups in total. The minimum atomic E-state index is -0.536. The summed E-state index contributed by atoms with van der Waals surface area (Å²) in [6, 6.07) is 18.4. The third kappa shape index (κ3) is 7.27. The van der Waals surface area contributed by atoms with Crippen LogP contribution in [0.25, 0.3) is 6.08 Å². The van der Waals surface area contributed by atoms with Crippen LogP contribution < -0.4 is 19.5 Å². The number of nitrogens with one attached hydrogen (secondary N) is 1. The second-order valence-electron chi connectivity index (χ2n) is 8.13. The molecule has 3 aromatic carbocycles. The van der Waals surface area contributed by atoms with Crippen molar-refractivity contribution < 1.29 is 19.0 Å². The van der Waals surface area contributed by atoms with E-state index in [1.54, 1.807) is 36.4 Å². The number of nitrogens with zero attached hydrogens (tertiary/aromatic N) is 1. The average molecular weight is 505 g/mol. The minimum absolute atomic E-state index is 0.0775. The molecule has 0 aliphatic carbocycles. The molecule has 0 aliphatic rings. The highest BCUT2D eigenvalue weighted by Crippen LogP contribution is 2.38. The van der Waals surface area contributed by atoms with Crippen LogP contribution in [0.2, 0.25) is 5.02 Å². The molecule has 0 fully saturated rings. The molecule has 0 spiro atoms. The Balaban J connectivity index is 1.81. The SMILES string of the molecule is CCOc1ccc(NC(=O)/C(C#N)=C/c2cc(Cl)c(OCc3cc(C)cc(C)c3)c(OCC)c2)cc1. The van der Waals surface area contributed by atoms with Gasteiger partial charge in [0, 0.05) is 5.69 Å². The first-order chi connectivity index (χ1) is 17.3. The van der Waals surface area contributed by atoms with Crippen LogP contribution in [0.3, 0.4) is 0 Å². The maximum Gasteiger partial charge on any atom is 0.266 e. The molecule has 6 nitrogen and oxygen atoms in total. The number of amides is 1. The van der Waals surface area contributed by atoms with Crippen molar-refractivity contribution in [1.29, 1.82) is 5.26 Å². The van der Waals surface area contributed by atoms with Gasteiger partial charge in [-0.05, 0) is 81.3 Å². The van der Waals surface area contributed by atoms with Gasteiger partial charge in [-0.15, -0.1) is 0 Å². The summed E-state index contributed by atoms with van der Waals surface area (Å²) in [6.45, 7) is 9.10. The normalized spacial score (nSPS) is 10.9. The fraction of sp³-hybridized carbons (Fsp3) is 0.241. The second-order valence-corrected chi connectivity index (χ2v) is 8.54. The van der Waals surface area contributed by atoms with Crippen molar-refractivity contribution in [3.8, 4) is 23.3 Å². The molecule has 0 radical (unpaired) electrons. The van der Waals surface area contributed by atoms with Gasteiger partial charge in [-0.25, -0.2) is 0 Å². The third-order valence-corrected chi connectivity index (χ3v) is 5.38. The first-order valence-electron chi connectivity index (χ1n) is 11.6. The van der Waals surface area contributed by atoms with Gasteiger partial charge in [-0.1, -0.05) is 40.9 Å². The van der Waals surface area contributed by atoms with Crippen LogP contribution in [0.5, 0.6) is 17.2 Å². The number of aryl methyl sites for hydroxylation is 2. The molecule has 3 aromatic rings. The molecule has 0 aromatic heterocycles. The smallest absolute Gasteiger partial charge is 0.266 e. The van der Waals surface area contributed by atoms with Crippen LogP contribution >= 0.6 is 11.6 Å². The molecule has 1 amide bonds. The summed E-state index contributed by atoms with van der Waals surface area (Å²) in [5.41, 5.74) is 4.34. The molecule has 0 saturated carbocycles. The summed E-state index contributed by atoms with van der Waals surface area (Å²) in [5.74, 6) is 1.01. The Morgan fingerprint density at radius 3 is 2.25 bits per heavy atom. The van der Waals surface area contributed by atoms with Gasteiger partial charge in [0.15, 0.2) is 11.5 Å². The Labute approximate surface area is 217 Å². The van der Waals surface area contributed by atoms with Crippen LogP contribution in [-0.2, 0) is 11.4 Å². The van der Waals surface area contributed by atoms with Crippen molar-refractivity contribution in [2.75, 3.05) is 18.5 Å². The highest BCUT2D eigenvalue weighted by Gasteiger charge is 2.15. The lowest BCUT2D eigenvalue weighted by molar-refractivity contribution is -0.112. The number of halogens is 1. The van der Waals surface area contributed by atoms with Gasteiger partial charge in [0.05, 0.1) is 18.2 Å². The largest absolute Gasteiger partial charge is 0.494 e. The van der Waals surface area contributed by atoms with E-state index in [2.05, 4.69) is 23.5 Å². The predicted octanol–water partition coefficient (Wildman–Crippen LogP) is 6.88. The fourth-order valence-electron chi connectivity index (χ4n) is 3.70. The monoisotopic (exact) mass is 504 g/mol. The fourth-order valence-corrected chi connectivity index (χ4v) is 3.97. The van der Waals surface area contributed by atoms with Gasteiger partial charge in [0.1, 0.15) is 24.0 Å². The summed E-state index contributed by atoms with van der Waals surface area (Å²) in [6.07, 6.45) is 1.46. The topological polar surface area (TPSA) is 80.6 Å². The molecule has 0 heterocycles. The van der Waals surface area contributed by atoms with E-state index >= 15 is 0 Å². The quantitative estimate of drug-likeness (QED) is 0.240. The van der Waals surface area contributed by atoms with Crippen molar-refractivity contribution in [3.63, 3.8) is 0 Å². The maximum absolute atomic E-state index is 12.7. The lowest BCUT2D eigenvalue weighted by Gasteiger charge is -2.15. The van der Waals surface area contributed by atoms with Crippen molar-refractivity contribution in [2.24, 2.45) is 0 Å². The number of anilines is 1. The molecule has 7 heteroatoms. The molecule has 36 heavy (non-hydrogen) atoms. The average Bonchev–Trinajstić information content (AvgIpc) is 2.83. The molecule has 0 saturated heterocycles. The second kappa shape index (κ2) is 12.7. The number of hydrogen-bond donors (Lipinski definition) is 1. The number of nitriles is 1. The van der Waals surface area contributed by atoms with Gasteiger partial charge >= 0.3 is 0 Å². The Bertz CT molecular complexity index is 1270. The van der Waals surface area contributed by atoms with Crippen molar-refractivity contribution in [2.45, 2.75) is 34.3 Å². The van der Waals surface area contributed by atoms with Crippen LogP contribution in [-0.4, -0.2) is 19.1 Å². The minimum Gasteiger partial charge on any atom is -0.494 e. The highest BCUT2D eigenvalue weighted by molar-refractivity contribution is 6.32. The zero-order chi connectivity index (χ0) is 26.1. The molecule has 186 valence electrons. The number of rotatable bonds is 10.